The number of aromatic amines is 1. The van der Waals surface area contributed by atoms with Gasteiger partial charge in [-0.25, -0.2) is 4.79 Å². The number of amides is 1. The summed E-state index contributed by atoms with van der Waals surface area (Å²) < 4.78 is 2.75. The molecule has 0 unspecified atom stereocenters. The van der Waals surface area contributed by atoms with E-state index in [1.807, 2.05) is 0 Å². The van der Waals surface area contributed by atoms with Crippen LogP contribution in [0.4, 0.5) is 0 Å². The van der Waals surface area contributed by atoms with E-state index in [9.17, 15) is 14.4 Å². The van der Waals surface area contributed by atoms with Gasteiger partial charge in [0.2, 0.25) is 11.2 Å². The minimum atomic E-state index is -0.413. The minimum absolute atomic E-state index is 0.0983. The number of halogens is 1. The van der Waals surface area contributed by atoms with Crippen molar-refractivity contribution < 1.29 is 4.79 Å². The Labute approximate surface area is 155 Å². The van der Waals surface area contributed by atoms with E-state index >= 15 is 0 Å². The van der Waals surface area contributed by atoms with Gasteiger partial charge in [-0.3, -0.25) is 18.7 Å². The number of aromatic nitrogens is 4. The monoisotopic (exact) mass is 381 g/mol. The molecule has 1 aliphatic heterocycles. The predicted octanol–water partition coefficient (Wildman–Crippen LogP) is 1.74. The average molecular weight is 382 g/mol. The van der Waals surface area contributed by atoms with Gasteiger partial charge in [0.25, 0.3) is 5.56 Å². The van der Waals surface area contributed by atoms with E-state index in [4.69, 9.17) is 11.6 Å². The van der Waals surface area contributed by atoms with Gasteiger partial charge in [0.15, 0.2) is 11.2 Å². The summed E-state index contributed by atoms with van der Waals surface area (Å²) in [5, 5.41) is 0.0983. The molecule has 0 bridgehead atoms. The molecule has 1 aliphatic rings. The van der Waals surface area contributed by atoms with E-state index in [0.29, 0.717) is 31.6 Å². The molecule has 1 amide bonds. The van der Waals surface area contributed by atoms with Crippen LogP contribution in [0.5, 0.6) is 0 Å². The van der Waals surface area contributed by atoms with Crippen LogP contribution >= 0.6 is 11.6 Å². The van der Waals surface area contributed by atoms with Crippen LogP contribution in [0.1, 0.15) is 45.4 Å². The number of hydrogen-bond acceptors (Lipinski definition) is 4. The topological polar surface area (TPSA) is 93.0 Å². The molecule has 3 heterocycles. The highest BCUT2D eigenvalue weighted by Crippen LogP contribution is 2.12. The Kier molecular flexibility index (Phi) is 5.80. The van der Waals surface area contributed by atoms with Gasteiger partial charge in [0.05, 0.1) is 0 Å². The van der Waals surface area contributed by atoms with Crippen LogP contribution in [0.25, 0.3) is 11.2 Å². The number of likely N-dealkylation sites (tertiary alicyclic amines) is 1. The summed E-state index contributed by atoms with van der Waals surface area (Å²) in [6, 6.07) is 0. The third-order valence-electron chi connectivity index (χ3n) is 4.80. The Morgan fingerprint density at radius 3 is 2.54 bits per heavy atom. The maximum Gasteiger partial charge on any atom is 0.332 e. The molecule has 1 N–H and O–H groups in total. The lowest BCUT2D eigenvalue weighted by Crippen LogP contribution is -2.41. The second kappa shape index (κ2) is 8.07. The highest BCUT2D eigenvalue weighted by molar-refractivity contribution is 6.28. The fourth-order valence-corrected chi connectivity index (χ4v) is 3.59. The largest absolute Gasteiger partial charge is 0.343 e. The number of fused-ring (bicyclic) bond motifs is 1. The van der Waals surface area contributed by atoms with Gasteiger partial charge in [-0.05, 0) is 30.9 Å². The maximum atomic E-state index is 12.8. The first-order valence-corrected chi connectivity index (χ1v) is 9.57. The molecule has 3 rings (SSSR count). The summed E-state index contributed by atoms with van der Waals surface area (Å²) in [4.78, 5) is 45.9. The van der Waals surface area contributed by atoms with Crippen molar-refractivity contribution in [2.24, 2.45) is 0 Å². The van der Waals surface area contributed by atoms with E-state index in [1.54, 1.807) is 4.90 Å². The maximum absolute atomic E-state index is 12.8. The van der Waals surface area contributed by atoms with E-state index in [2.05, 4.69) is 16.9 Å². The molecule has 0 radical (unpaired) electrons. The zero-order valence-corrected chi connectivity index (χ0v) is 15.7. The molecule has 0 spiro atoms. The molecule has 2 aromatic rings. The highest BCUT2D eigenvalue weighted by atomic mass is 35.5. The quantitative estimate of drug-likeness (QED) is 0.556. The lowest BCUT2D eigenvalue weighted by Gasteiger charge is -2.16. The van der Waals surface area contributed by atoms with Gasteiger partial charge >= 0.3 is 5.69 Å². The highest BCUT2D eigenvalue weighted by Gasteiger charge is 2.20. The van der Waals surface area contributed by atoms with Crippen LogP contribution in [0.2, 0.25) is 5.28 Å². The van der Waals surface area contributed by atoms with Gasteiger partial charge in [0.1, 0.15) is 0 Å². The summed E-state index contributed by atoms with van der Waals surface area (Å²) in [7, 11) is 0. The number of carbonyl (C=O) groups excluding carboxylic acids is 1. The summed E-state index contributed by atoms with van der Waals surface area (Å²) in [5.74, 6) is 0.144. The fourth-order valence-electron chi connectivity index (χ4n) is 3.42. The third kappa shape index (κ3) is 3.70. The second-order valence-electron chi connectivity index (χ2n) is 6.66. The van der Waals surface area contributed by atoms with Crippen LogP contribution in [-0.2, 0) is 17.9 Å². The zero-order valence-electron chi connectivity index (χ0n) is 15.0. The van der Waals surface area contributed by atoms with Gasteiger partial charge in [-0.2, -0.15) is 4.98 Å². The molecule has 0 atom stereocenters. The Morgan fingerprint density at radius 1 is 1.08 bits per heavy atom. The number of hydrogen-bond donors (Lipinski definition) is 1. The van der Waals surface area contributed by atoms with Crippen LogP contribution < -0.4 is 11.2 Å². The van der Waals surface area contributed by atoms with Crippen molar-refractivity contribution in [3.05, 3.63) is 26.1 Å². The van der Waals surface area contributed by atoms with E-state index in [-0.39, 0.29) is 28.9 Å². The molecule has 9 heteroatoms. The van der Waals surface area contributed by atoms with E-state index in [0.717, 1.165) is 32.2 Å². The van der Waals surface area contributed by atoms with Crippen molar-refractivity contribution in [1.29, 1.82) is 0 Å². The van der Waals surface area contributed by atoms with Gasteiger partial charge in [-0.1, -0.05) is 19.8 Å². The number of imidazole rings is 1. The molecule has 8 nitrogen and oxygen atoms in total. The molecule has 0 saturated carbocycles. The van der Waals surface area contributed by atoms with Gasteiger partial charge in [-0.15, -0.1) is 0 Å². The summed E-state index contributed by atoms with van der Waals surface area (Å²) >= 11 is 5.93. The number of rotatable bonds is 8. The Balaban J connectivity index is 1.87. The molecule has 26 heavy (non-hydrogen) atoms. The van der Waals surface area contributed by atoms with Gasteiger partial charge in [0, 0.05) is 32.6 Å². The van der Waals surface area contributed by atoms with Crippen LogP contribution in [0, 0.1) is 0 Å². The number of H-pyrrole nitrogens is 1. The first-order chi connectivity index (χ1) is 12.5. The standard InChI is InChI=1S/C17H24ClN5O3/c1-2-3-4-10-22-14-13(19-16(18)20-14)15(25)23(17(22)26)11-6-9-21-8-5-7-12(21)24/h2-11H2,1H3,(H,19,20). The van der Waals surface area contributed by atoms with E-state index < -0.39 is 5.56 Å². The van der Waals surface area contributed by atoms with Crippen molar-refractivity contribution in [1.82, 2.24) is 24.0 Å². The Morgan fingerprint density at radius 2 is 1.85 bits per heavy atom. The number of aryl methyl sites for hydroxylation is 1. The number of nitrogens with one attached hydrogen (secondary N) is 1. The average Bonchev–Trinajstić information content (AvgIpc) is 3.19. The third-order valence-corrected chi connectivity index (χ3v) is 4.98. The summed E-state index contributed by atoms with van der Waals surface area (Å²) in [6.07, 6.45) is 4.87. The first-order valence-electron chi connectivity index (χ1n) is 9.19. The van der Waals surface area contributed by atoms with Crippen molar-refractivity contribution in [3.63, 3.8) is 0 Å². The molecule has 0 aliphatic carbocycles. The molecule has 1 saturated heterocycles. The van der Waals surface area contributed by atoms with Crippen LogP contribution in [0.3, 0.4) is 0 Å². The summed E-state index contributed by atoms with van der Waals surface area (Å²) in [6.45, 7) is 4.16. The first kappa shape index (κ1) is 18.7. The van der Waals surface area contributed by atoms with Crippen molar-refractivity contribution >= 4 is 28.7 Å². The fraction of sp³-hybridized carbons (Fsp3) is 0.647. The Hall–Kier alpha value is -2.09. The SMILES string of the molecule is CCCCCn1c(=O)n(CCCN2CCCC2=O)c(=O)c2[nH]c(Cl)nc21. The van der Waals surface area contributed by atoms with Crippen LogP contribution in [-0.4, -0.2) is 43.0 Å². The van der Waals surface area contributed by atoms with Crippen molar-refractivity contribution in [3.8, 4) is 0 Å². The zero-order chi connectivity index (χ0) is 18.7. The number of unbranched alkanes of at least 4 members (excludes halogenated alkanes) is 2. The lowest BCUT2D eigenvalue weighted by atomic mass is 10.2. The second-order valence-corrected chi connectivity index (χ2v) is 7.02. The minimum Gasteiger partial charge on any atom is -0.343 e. The predicted molar refractivity (Wildman–Crippen MR) is 99.6 cm³/mol. The van der Waals surface area contributed by atoms with Crippen LogP contribution in [0.15, 0.2) is 9.59 Å². The van der Waals surface area contributed by atoms with Gasteiger partial charge < -0.3 is 9.88 Å². The van der Waals surface area contributed by atoms with E-state index in [1.165, 1.54) is 9.13 Å². The molecule has 0 aromatic carbocycles. The van der Waals surface area contributed by atoms with Crippen molar-refractivity contribution in [2.75, 3.05) is 13.1 Å². The lowest BCUT2D eigenvalue weighted by molar-refractivity contribution is -0.127. The molecule has 142 valence electrons. The number of nitrogens with zero attached hydrogens (tertiary/aromatic N) is 4. The summed E-state index contributed by atoms with van der Waals surface area (Å²) in [5.41, 5.74) is -0.214. The molecular weight excluding hydrogens is 358 g/mol. The molecule has 2 aromatic heterocycles. The Bertz CT molecular complexity index is 913. The smallest absolute Gasteiger partial charge is 0.332 e. The molecule has 1 fully saturated rings. The normalized spacial score (nSPS) is 14.7. The molecular formula is C17H24ClN5O3. The van der Waals surface area contributed by atoms with Crippen molar-refractivity contribution in [2.45, 2.75) is 58.5 Å². The number of carbonyl (C=O) groups is 1.